The zero-order chi connectivity index (χ0) is 19.7. The quantitative estimate of drug-likeness (QED) is 0.581. The number of anilines is 1. The number of hydrogen-bond donors (Lipinski definition) is 3. The monoisotopic (exact) mass is 438 g/mol. The van der Waals surface area contributed by atoms with Crippen molar-refractivity contribution in [1.82, 2.24) is 15.4 Å². The standard InChI is InChI=1S/C20H15BrN4O3/c21-14-5-8-17-16(10-14)20(28)25(24-19(27)13-2-1-9-22-11-13)18(23-17)12-3-6-15(26)7-4-12/h1-11,18,23,26H,(H,24,27). The molecule has 1 aliphatic rings. The number of phenols is 1. The summed E-state index contributed by atoms with van der Waals surface area (Å²) in [6.07, 6.45) is 2.34. The van der Waals surface area contributed by atoms with E-state index in [1.165, 1.54) is 23.3 Å². The van der Waals surface area contributed by atoms with Gasteiger partial charge in [0, 0.05) is 22.6 Å². The van der Waals surface area contributed by atoms with Crippen LogP contribution in [0.2, 0.25) is 0 Å². The highest BCUT2D eigenvalue weighted by Gasteiger charge is 2.34. The molecule has 0 bridgehead atoms. The number of amides is 2. The minimum atomic E-state index is -0.651. The van der Waals surface area contributed by atoms with Crippen LogP contribution in [-0.2, 0) is 0 Å². The van der Waals surface area contributed by atoms with Crippen molar-refractivity contribution in [2.24, 2.45) is 0 Å². The van der Waals surface area contributed by atoms with E-state index >= 15 is 0 Å². The average molecular weight is 439 g/mol. The van der Waals surface area contributed by atoms with Crippen LogP contribution in [0.3, 0.4) is 0 Å². The molecule has 1 unspecified atom stereocenters. The van der Waals surface area contributed by atoms with Crippen molar-refractivity contribution < 1.29 is 14.7 Å². The summed E-state index contributed by atoms with van der Waals surface area (Å²) in [7, 11) is 0. The average Bonchev–Trinajstić information content (AvgIpc) is 2.71. The maximum atomic E-state index is 13.2. The molecule has 8 heteroatoms. The number of carbonyl (C=O) groups excluding carboxylic acids is 2. The number of hydrazine groups is 1. The number of aromatic nitrogens is 1. The zero-order valence-electron chi connectivity index (χ0n) is 14.5. The molecule has 1 aromatic heterocycles. The van der Waals surface area contributed by atoms with Crippen LogP contribution in [0.1, 0.15) is 32.4 Å². The van der Waals surface area contributed by atoms with Crippen molar-refractivity contribution in [3.63, 3.8) is 0 Å². The summed E-state index contributed by atoms with van der Waals surface area (Å²) in [5, 5.41) is 14.1. The summed E-state index contributed by atoms with van der Waals surface area (Å²) in [5.41, 5.74) is 4.78. The first-order valence-electron chi connectivity index (χ1n) is 8.42. The summed E-state index contributed by atoms with van der Waals surface area (Å²) in [6, 6.07) is 15.0. The summed E-state index contributed by atoms with van der Waals surface area (Å²) >= 11 is 3.37. The second-order valence-corrected chi connectivity index (χ2v) is 7.10. The minimum absolute atomic E-state index is 0.112. The predicted molar refractivity (Wildman–Crippen MR) is 106 cm³/mol. The van der Waals surface area contributed by atoms with Crippen LogP contribution < -0.4 is 10.7 Å². The van der Waals surface area contributed by atoms with Gasteiger partial charge in [-0.05, 0) is 48.0 Å². The van der Waals surface area contributed by atoms with E-state index in [9.17, 15) is 14.7 Å². The topological polar surface area (TPSA) is 94.6 Å². The van der Waals surface area contributed by atoms with Gasteiger partial charge in [0.05, 0.1) is 11.1 Å². The van der Waals surface area contributed by atoms with Crippen LogP contribution in [0.25, 0.3) is 0 Å². The number of phenolic OH excluding ortho intramolecular Hbond substituents is 1. The third-order valence-corrected chi connectivity index (χ3v) is 4.83. The molecule has 1 aliphatic heterocycles. The van der Waals surface area contributed by atoms with Crippen LogP contribution in [0, 0.1) is 0 Å². The summed E-state index contributed by atoms with van der Waals surface area (Å²) in [4.78, 5) is 29.8. The Kier molecular flexibility index (Phi) is 4.70. The number of rotatable bonds is 3. The molecule has 0 fully saturated rings. The lowest BCUT2D eigenvalue weighted by molar-refractivity contribution is 0.0490. The summed E-state index contributed by atoms with van der Waals surface area (Å²) in [5.74, 6) is -0.697. The molecular formula is C20H15BrN4O3. The normalized spacial score (nSPS) is 15.5. The fraction of sp³-hybridized carbons (Fsp3) is 0.0500. The van der Waals surface area contributed by atoms with Crippen molar-refractivity contribution >= 4 is 33.4 Å². The molecule has 4 rings (SSSR count). The molecule has 140 valence electrons. The molecule has 0 radical (unpaired) electrons. The Labute approximate surface area is 169 Å². The van der Waals surface area contributed by atoms with Crippen LogP contribution >= 0.6 is 15.9 Å². The van der Waals surface area contributed by atoms with E-state index in [4.69, 9.17) is 0 Å². The molecule has 2 heterocycles. The van der Waals surface area contributed by atoms with Gasteiger partial charge in [0.1, 0.15) is 11.9 Å². The van der Waals surface area contributed by atoms with Crippen molar-refractivity contribution in [3.05, 3.63) is 88.2 Å². The number of aromatic hydroxyl groups is 1. The molecule has 0 aliphatic carbocycles. The molecule has 0 spiro atoms. The highest BCUT2D eigenvalue weighted by Crippen LogP contribution is 2.34. The molecule has 3 N–H and O–H groups in total. The largest absolute Gasteiger partial charge is 0.508 e. The van der Waals surface area contributed by atoms with E-state index in [1.807, 2.05) is 6.07 Å². The van der Waals surface area contributed by atoms with Crippen molar-refractivity contribution in [1.29, 1.82) is 0 Å². The van der Waals surface area contributed by atoms with Crippen LogP contribution in [0.15, 0.2) is 71.5 Å². The van der Waals surface area contributed by atoms with Gasteiger partial charge in [-0.3, -0.25) is 20.0 Å². The van der Waals surface area contributed by atoms with Gasteiger partial charge >= 0.3 is 0 Å². The molecular weight excluding hydrogens is 424 g/mol. The van der Waals surface area contributed by atoms with Crippen molar-refractivity contribution in [2.45, 2.75) is 6.17 Å². The Morgan fingerprint density at radius 2 is 1.96 bits per heavy atom. The van der Waals surface area contributed by atoms with Gasteiger partial charge in [-0.15, -0.1) is 0 Å². The van der Waals surface area contributed by atoms with Gasteiger partial charge in [-0.2, -0.15) is 0 Å². The van der Waals surface area contributed by atoms with Gasteiger partial charge in [-0.25, -0.2) is 5.01 Å². The first-order valence-corrected chi connectivity index (χ1v) is 9.22. The Morgan fingerprint density at radius 1 is 1.18 bits per heavy atom. The first-order chi connectivity index (χ1) is 13.5. The maximum absolute atomic E-state index is 13.2. The van der Waals surface area contributed by atoms with Crippen molar-refractivity contribution in [3.8, 4) is 5.75 Å². The molecule has 3 aromatic rings. The van der Waals surface area contributed by atoms with E-state index in [-0.39, 0.29) is 11.7 Å². The van der Waals surface area contributed by atoms with Gasteiger partial charge < -0.3 is 10.4 Å². The highest BCUT2D eigenvalue weighted by molar-refractivity contribution is 9.10. The summed E-state index contributed by atoms with van der Waals surface area (Å²) in [6.45, 7) is 0. The Hall–Kier alpha value is -3.39. The molecule has 0 saturated carbocycles. The lowest BCUT2D eigenvalue weighted by Crippen LogP contribution is -2.52. The number of nitrogens with one attached hydrogen (secondary N) is 2. The van der Waals surface area contributed by atoms with Crippen LogP contribution in [0.5, 0.6) is 5.75 Å². The van der Waals surface area contributed by atoms with Gasteiger partial charge in [-0.1, -0.05) is 28.1 Å². The van der Waals surface area contributed by atoms with E-state index < -0.39 is 12.1 Å². The number of pyridine rings is 1. The SMILES string of the molecule is O=C(NN1C(=O)c2cc(Br)ccc2NC1c1ccc(O)cc1)c1cccnc1. The molecule has 2 aromatic carbocycles. The first kappa shape index (κ1) is 18.0. The van der Waals surface area contributed by atoms with E-state index in [0.717, 1.165) is 4.47 Å². The second-order valence-electron chi connectivity index (χ2n) is 6.19. The van der Waals surface area contributed by atoms with Gasteiger partial charge in [0.25, 0.3) is 11.8 Å². The number of benzene rings is 2. The smallest absolute Gasteiger partial charge is 0.276 e. The highest BCUT2D eigenvalue weighted by atomic mass is 79.9. The van der Waals surface area contributed by atoms with E-state index in [0.29, 0.717) is 22.4 Å². The van der Waals surface area contributed by atoms with E-state index in [1.54, 1.807) is 42.6 Å². The molecule has 2 amide bonds. The third kappa shape index (κ3) is 3.41. The molecule has 7 nitrogen and oxygen atoms in total. The molecule has 0 saturated heterocycles. The maximum Gasteiger partial charge on any atom is 0.276 e. The van der Waals surface area contributed by atoms with Gasteiger partial charge in [0.15, 0.2) is 0 Å². The number of fused-ring (bicyclic) bond motifs is 1. The fourth-order valence-corrected chi connectivity index (χ4v) is 3.31. The Bertz CT molecular complexity index is 1040. The lowest BCUT2D eigenvalue weighted by Gasteiger charge is -2.37. The summed E-state index contributed by atoms with van der Waals surface area (Å²) < 4.78 is 0.753. The predicted octanol–water partition coefficient (Wildman–Crippen LogP) is 3.46. The van der Waals surface area contributed by atoms with Crippen LogP contribution in [-0.4, -0.2) is 26.9 Å². The number of halogens is 1. The van der Waals surface area contributed by atoms with Gasteiger partial charge in [0.2, 0.25) is 0 Å². The third-order valence-electron chi connectivity index (χ3n) is 4.34. The molecule has 1 atom stereocenters. The van der Waals surface area contributed by atoms with Crippen LogP contribution in [0.4, 0.5) is 5.69 Å². The number of nitrogens with zero attached hydrogens (tertiary/aromatic N) is 2. The number of carbonyl (C=O) groups is 2. The number of hydrogen-bond acceptors (Lipinski definition) is 5. The van der Waals surface area contributed by atoms with E-state index in [2.05, 4.69) is 31.7 Å². The minimum Gasteiger partial charge on any atom is -0.508 e. The zero-order valence-corrected chi connectivity index (χ0v) is 16.1. The second kappa shape index (κ2) is 7.32. The fourth-order valence-electron chi connectivity index (χ4n) is 2.95. The Morgan fingerprint density at radius 3 is 2.68 bits per heavy atom. The molecule has 28 heavy (non-hydrogen) atoms. The van der Waals surface area contributed by atoms with Crippen molar-refractivity contribution in [2.75, 3.05) is 5.32 Å². The lowest BCUT2D eigenvalue weighted by atomic mass is 10.0. The Balaban J connectivity index is 1.73.